The fourth-order valence-electron chi connectivity index (χ4n) is 2.64. The van der Waals surface area contributed by atoms with Crippen molar-refractivity contribution in [3.63, 3.8) is 0 Å². The van der Waals surface area contributed by atoms with Crippen LogP contribution in [0, 0.1) is 6.92 Å². The lowest BCUT2D eigenvalue weighted by Gasteiger charge is -2.35. The third-order valence-electron chi connectivity index (χ3n) is 3.91. The van der Waals surface area contributed by atoms with Gasteiger partial charge >= 0.3 is 5.69 Å². The number of carbonyl (C=O) groups is 1. The van der Waals surface area contributed by atoms with Crippen molar-refractivity contribution in [2.45, 2.75) is 6.92 Å². The number of aryl methyl sites for hydroxylation is 2. The SMILES string of the molecule is Cc1cccc(N2CCN(C(=O)c3nn(C)c(=O)[nH]3)CC2)c1. The van der Waals surface area contributed by atoms with Gasteiger partial charge in [0.1, 0.15) is 0 Å². The standard InChI is InChI=1S/C15H19N5O2/c1-11-4-3-5-12(10-11)19-6-8-20(9-7-19)14(21)13-16-15(22)18(2)17-13/h3-5,10H,6-9H2,1-2H3,(H,16,17,22). The van der Waals surface area contributed by atoms with Gasteiger partial charge in [0, 0.05) is 38.9 Å². The molecule has 1 aromatic heterocycles. The monoisotopic (exact) mass is 301 g/mol. The second-order valence-corrected chi connectivity index (χ2v) is 5.52. The van der Waals surface area contributed by atoms with E-state index in [0.29, 0.717) is 13.1 Å². The van der Waals surface area contributed by atoms with Crippen LogP contribution in [0.4, 0.5) is 5.69 Å². The van der Waals surface area contributed by atoms with Gasteiger partial charge in [0.15, 0.2) is 0 Å². The number of rotatable bonds is 2. The number of benzene rings is 1. The van der Waals surface area contributed by atoms with Crippen molar-refractivity contribution in [1.29, 1.82) is 0 Å². The number of aromatic amines is 1. The zero-order valence-corrected chi connectivity index (χ0v) is 12.7. The molecule has 2 heterocycles. The van der Waals surface area contributed by atoms with Crippen LogP contribution in [-0.4, -0.2) is 51.8 Å². The van der Waals surface area contributed by atoms with E-state index in [1.54, 1.807) is 4.90 Å². The Morgan fingerprint density at radius 3 is 2.55 bits per heavy atom. The van der Waals surface area contributed by atoms with E-state index in [1.165, 1.54) is 18.3 Å². The van der Waals surface area contributed by atoms with Gasteiger partial charge in [-0.2, -0.15) is 0 Å². The molecule has 1 amide bonds. The van der Waals surface area contributed by atoms with Crippen LogP contribution in [0.2, 0.25) is 0 Å². The number of nitrogens with one attached hydrogen (secondary N) is 1. The minimum atomic E-state index is -0.373. The van der Waals surface area contributed by atoms with Crippen molar-refractivity contribution in [2.75, 3.05) is 31.1 Å². The number of hydrogen-bond acceptors (Lipinski definition) is 4. The zero-order valence-electron chi connectivity index (χ0n) is 12.7. The molecule has 2 aromatic rings. The van der Waals surface area contributed by atoms with E-state index < -0.39 is 0 Å². The van der Waals surface area contributed by atoms with Gasteiger partial charge in [-0.15, -0.1) is 5.10 Å². The quantitative estimate of drug-likeness (QED) is 0.870. The van der Waals surface area contributed by atoms with Gasteiger partial charge in [-0.25, -0.2) is 9.48 Å². The molecular weight excluding hydrogens is 282 g/mol. The molecule has 1 fully saturated rings. The third-order valence-corrected chi connectivity index (χ3v) is 3.91. The summed E-state index contributed by atoms with van der Waals surface area (Å²) in [7, 11) is 1.52. The highest BCUT2D eigenvalue weighted by molar-refractivity contribution is 5.90. The molecule has 1 aromatic carbocycles. The van der Waals surface area contributed by atoms with Gasteiger partial charge < -0.3 is 9.80 Å². The Kier molecular flexibility index (Phi) is 3.70. The molecule has 0 aliphatic carbocycles. The van der Waals surface area contributed by atoms with E-state index in [1.807, 2.05) is 6.07 Å². The number of nitrogens with zero attached hydrogens (tertiary/aromatic N) is 4. The van der Waals surface area contributed by atoms with Crippen LogP contribution in [-0.2, 0) is 7.05 Å². The Balaban J connectivity index is 1.66. The van der Waals surface area contributed by atoms with Crippen molar-refractivity contribution in [3.05, 3.63) is 46.1 Å². The molecule has 0 saturated carbocycles. The average molecular weight is 301 g/mol. The van der Waals surface area contributed by atoms with Crippen LogP contribution in [0.5, 0.6) is 0 Å². The first-order valence-electron chi connectivity index (χ1n) is 7.29. The van der Waals surface area contributed by atoms with E-state index >= 15 is 0 Å². The number of hydrogen-bond donors (Lipinski definition) is 1. The molecule has 7 nitrogen and oxygen atoms in total. The highest BCUT2D eigenvalue weighted by atomic mass is 16.2. The number of anilines is 1. The van der Waals surface area contributed by atoms with E-state index in [2.05, 4.69) is 40.1 Å². The summed E-state index contributed by atoms with van der Waals surface area (Å²) >= 11 is 0. The number of amides is 1. The number of carbonyl (C=O) groups excluding carboxylic acids is 1. The summed E-state index contributed by atoms with van der Waals surface area (Å²) in [5.41, 5.74) is 2.03. The van der Waals surface area contributed by atoms with Crippen LogP contribution in [0.15, 0.2) is 29.1 Å². The first kappa shape index (κ1) is 14.4. The van der Waals surface area contributed by atoms with Crippen LogP contribution >= 0.6 is 0 Å². The minimum Gasteiger partial charge on any atom is -0.368 e. The molecule has 1 N–H and O–H groups in total. The van der Waals surface area contributed by atoms with Gasteiger partial charge in [-0.05, 0) is 24.6 Å². The Morgan fingerprint density at radius 2 is 1.95 bits per heavy atom. The van der Waals surface area contributed by atoms with Crippen LogP contribution in [0.3, 0.4) is 0 Å². The van der Waals surface area contributed by atoms with Gasteiger partial charge in [-0.1, -0.05) is 12.1 Å². The Hall–Kier alpha value is -2.57. The van der Waals surface area contributed by atoms with Gasteiger partial charge in [0.05, 0.1) is 0 Å². The second-order valence-electron chi connectivity index (χ2n) is 5.52. The first-order chi connectivity index (χ1) is 10.5. The van der Waals surface area contributed by atoms with Crippen LogP contribution in [0.25, 0.3) is 0 Å². The molecular formula is C15H19N5O2. The summed E-state index contributed by atoms with van der Waals surface area (Å²) in [5.74, 6) is -0.113. The number of piperazine rings is 1. The van der Waals surface area contributed by atoms with Gasteiger partial charge in [0.25, 0.3) is 5.91 Å². The predicted octanol–water partition coefficient (Wildman–Crippen LogP) is 0.379. The second kappa shape index (κ2) is 5.67. The van der Waals surface area contributed by atoms with E-state index in [0.717, 1.165) is 17.8 Å². The molecule has 7 heteroatoms. The van der Waals surface area contributed by atoms with Crippen molar-refractivity contribution in [1.82, 2.24) is 19.7 Å². The largest absolute Gasteiger partial charge is 0.368 e. The molecule has 0 atom stereocenters. The van der Waals surface area contributed by atoms with Crippen LogP contribution < -0.4 is 10.6 Å². The maximum atomic E-state index is 12.3. The molecule has 0 radical (unpaired) electrons. The lowest BCUT2D eigenvalue weighted by molar-refractivity contribution is 0.0734. The summed E-state index contributed by atoms with van der Waals surface area (Å²) in [6.07, 6.45) is 0. The fraction of sp³-hybridized carbons (Fsp3) is 0.400. The summed E-state index contributed by atoms with van der Waals surface area (Å²) in [4.78, 5) is 30.2. The molecule has 1 aliphatic heterocycles. The fourth-order valence-corrected chi connectivity index (χ4v) is 2.64. The summed E-state index contributed by atoms with van der Waals surface area (Å²) < 4.78 is 1.14. The summed E-state index contributed by atoms with van der Waals surface area (Å²) in [6.45, 7) is 4.84. The molecule has 3 rings (SSSR count). The Labute approximate surface area is 128 Å². The van der Waals surface area contributed by atoms with Crippen LogP contribution in [0.1, 0.15) is 16.2 Å². The van der Waals surface area contributed by atoms with E-state index in [4.69, 9.17) is 0 Å². The molecule has 0 spiro atoms. The molecule has 22 heavy (non-hydrogen) atoms. The normalized spacial score (nSPS) is 15.2. The third kappa shape index (κ3) is 2.74. The predicted molar refractivity (Wildman–Crippen MR) is 83.1 cm³/mol. The lowest BCUT2D eigenvalue weighted by atomic mass is 10.2. The first-order valence-corrected chi connectivity index (χ1v) is 7.29. The summed E-state index contributed by atoms with van der Waals surface area (Å²) in [5, 5.41) is 3.92. The topological polar surface area (TPSA) is 74.2 Å². The number of aromatic nitrogens is 3. The van der Waals surface area contributed by atoms with Crippen molar-refractivity contribution >= 4 is 11.6 Å². The molecule has 1 saturated heterocycles. The lowest BCUT2D eigenvalue weighted by Crippen LogP contribution is -2.49. The molecule has 1 aliphatic rings. The molecule has 116 valence electrons. The average Bonchev–Trinajstić information content (AvgIpc) is 2.86. The van der Waals surface area contributed by atoms with Crippen molar-refractivity contribution in [2.24, 2.45) is 7.05 Å². The maximum absolute atomic E-state index is 12.3. The van der Waals surface area contributed by atoms with E-state index in [9.17, 15) is 9.59 Å². The summed E-state index contributed by atoms with van der Waals surface area (Å²) in [6, 6.07) is 8.34. The highest BCUT2D eigenvalue weighted by Gasteiger charge is 2.24. The van der Waals surface area contributed by atoms with E-state index in [-0.39, 0.29) is 17.4 Å². The zero-order chi connectivity index (χ0) is 15.7. The van der Waals surface area contributed by atoms with Gasteiger partial charge in [-0.3, -0.25) is 9.78 Å². The molecule has 0 bridgehead atoms. The highest BCUT2D eigenvalue weighted by Crippen LogP contribution is 2.18. The van der Waals surface area contributed by atoms with Gasteiger partial charge in [0.2, 0.25) is 5.82 Å². The minimum absolute atomic E-state index is 0.108. The molecule has 0 unspecified atom stereocenters. The Morgan fingerprint density at radius 1 is 1.23 bits per heavy atom. The smallest absolute Gasteiger partial charge is 0.343 e. The van der Waals surface area contributed by atoms with Crippen molar-refractivity contribution < 1.29 is 4.79 Å². The van der Waals surface area contributed by atoms with Crippen molar-refractivity contribution in [3.8, 4) is 0 Å². The maximum Gasteiger partial charge on any atom is 0.343 e. The Bertz CT molecular complexity index is 740. The number of H-pyrrole nitrogens is 1.